The maximum absolute atomic E-state index is 12.5. The van der Waals surface area contributed by atoms with E-state index in [0.29, 0.717) is 18.3 Å². The molecule has 7 nitrogen and oxygen atoms in total. The van der Waals surface area contributed by atoms with Crippen LogP contribution in [0.1, 0.15) is 37.1 Å². The average molecular weight is 391 g/mol. The molecule has 1 N–H and O–H groups in total. The number of aromatic nitrogens is 3. The lowest BCUT2D eigenvalue weighted by Crippen LogP contribution is -2.39. The Kier molecular flexibility index (Phi) is 5.95. The third-order valence-corrected chi connectivity index (χ3v) is 5.25. The van der Waals surface area contributed by atoms with Crippen molar-refractivity contribution in [1.29, 1.82) is 0 Å². The van der Waals surface area contributed by atoms with Crippen LogP contribution in [-0.4, -0.2) is 45.6 Å². The summed E-state index contributed by atoms with van der Waals surface area (Å²) in [4.78, 5) is 23.2. The number of piperidine rings is 1. The fourth-order valence-electron chi connectivity index (χ4n) is 3.65. The highest BCUT2D eigenvalue weighted by atomic mass is 16.5. The van der Waals surface area contributed by atoms with Gasteiger partial charge in [-0.15, -0.1) is 0 Å². The first-order valence-corrected chi connectivity index (χ1v) is 10.1. The second kappa shape index (κ2) is 8.96. The Morgan fingerprint density at radius 2 is 2.00 bits per heavy atom. The summed E-state index contributed by atoms with van der Waals surface area (Å²) in [7, 11) is 0. The molecule has 1 saturated heterocycles. The zero-order valence-corrected chi connectivity index (χ0v) is 16.5. The third kappa shape index (κ3) is 4.86. The average Bonchev–Trinajstić information content (AvgIpc) is 3.25. The van der Waals surface area contributed by atoms with Crippen molar-refractivity contribution in [2.75, 3.05) is 25.0 Å². The maximum Gasteiger partial charge on any atom is 0.238 e. The Bertz CT molecular complexity index is 939. The number of pyridine rings is 1. The van der Waals surface area contributed by atoms with Crippen LogP contribution >= 0.6 is 0 Å². The zero-order valence-electron chi connectivity index (χ0n) is 16.5. The van der Waals surface area contributed by atoms with Gasteiger partial charge in [0.2, 0.25) is 17.6 Å². The lowest BCUT2D eigenvalue weighted by Gasteiger charge is -2.30. The molecule has 2 aromatic heterocycles. The van der Waals surface area contributed by atoms with Gasteiger partial charge in [0.25, 0.3) is 0 Å². The first-order chi connectivity index (χ1) is 14.2. The van der Waals surface area contributed by atoms with Crippen LogP contribution in [-0.2, 0) is 11.2 Å². The topological polar surface area (TPSA) is 84.2 Å². The third-order valence-electron chi connectivity index (χ3n) is 5.25. The number of rotatable bonds is 6. The van der Waals surface area contributed by atoms with E-state index in [-0.39, 0.29) is 11.8 Å². The van der Waals surface area contributed by atoms with Gasteiger partial charge in [0.05, 0.1) is 12.5 Å². The van der Waals surface area contributed by atoms with E-state index in [9.17, 15) is 4.79 Å². The number of aryl methyl sites for hydroxylation is 1. The van der Waals surface area contributed by atoms with Crippen LogP contribution in [0.5, 0.6) is 0 Å². The van der Waals surface area contributed by atoms with E-state index in [1.54, 1.807) is 12.4 Å². The Balaban J connectivity index is 1.34. The van der Waals surface area contributed by atoms with Crippen molar-refractivity contribution >= 4 is 11.6 Å². The molecule has 7 heteroatoms. The predicted octanol–water partition coefficient (Wildman–Crippen LogP) is 3.51. The molecular formula is C22H25N5O2. The van der Waals surface area contributed by atoms with E-state index < -0.39 is 0 Å². The van der Waals surface area contributed by atoms with Crippen molar-refractivity contribution < 1.29 is 9.32 Å². The Hall–Kier alpha value is -3.06. The number of nitrogens with one attached hydrogen (secondary N) is 1. The summed E-state index contributed by atoms with van der Waals surface area (Å²) in [6, 6.07) is 11.7. The minimum atomic E-state index is -0.00194. The molecule has 1 amide bonds. The molecule has 3 heterocycles. The highest BCUT2D eigenvalue weighted by Gasteiger charge is 2.27. The highest BCUT2D eigenvalue weighted by molar-refractivity contribution is 5.92. The summed E-state index contributed by atoms with van der Waals surface area (Å²) in [5.41, 5.74) is 2.98. The van der Waals surface area contributed by atoms with Gasteiger partial charge in [0.1, 0.15) is 0 Å². The van der Waals surface area contributed by atoms with Crippen molar-refractivity contribution in [3.8, 4) is 11.4 Å². The quantitative estimate of drug-likeness (QED) is 0.692. The van der Waals surface area contributed by atoms with Crippen LogP contribution < -0.4 is 5.32 Å². The number of hydrogen-bond acceptors (Lipinski definition) is 6. The molecule has 0 bridgehead atoms. The highest BCUT2D eigenvalue weighted by Crippen LogP contribution is 2.27. The van der Waals surface area contributed by atoms with Gasteiger partial charge in [-0.3, -0.25) is 14.7 Å². The van der Waals surface area contributed by atoms with Gasteiger partial charge >= 0.3 is 0 Å². The molecule has 1 atom stereocenters. The standard InChI is InChI=1S/C22H25N5O2/c1-2-16-5-7-19(8-6-16)24-20(28)15-27-13-3-4-18(14-27)22-25-21(26-29-22)17-9-11-23-12-10-17/h5-12,18H,2-4,13-15H2,1H3,(H,24,28). The number of hydrogen-bond donors (Lipinski definition) is 1. The molecule has 150 valence electrons. The molecule has 1 unspecified atom stereocenters. The SMILES string of the molecule is CCc1ccc(NC(=O)CN2CCCC(c3nc(-c4ccncc4)no3)C2)cc1. The minimum absolute atomic E-state index is 0.00194. The second-order valence-corrected chi connectivity index (χ2v) is 7.37. The Labute approximate surface area is 170 Å². The lowest BCUT2D eigenvalue weighted by atomic mass is 9.98. The maximum atomic E-state index is 12.5. The van der Waals surface area contributed by atoms with Crippen LogP contribution in [0.25, 0.3) is 11.4 Å². The van der Waals surface area contributed by atoms with E-state index in [0.717, 1.165) is 43.6 Å². The molecule has 1 fully saturated rings. The molecular weight excluding hydrogens is 366 g/mol. The molecule has 29 heavy (non-hydrogen) atoms. The summed E-state index contributed by atoms with van der Waals surface area (Å²) in [6.45, 7) is 4.10. The molecule has 4 rings (SSSR count). The van der Waals surface area contributed by atoms with Crippen LogP contribution in [0.3, 0.4) is 0 Å². The zero-order chi connectivity index (χ0) is 20.1. The van der Waals surface area contributed by atoms with Gasteiger partial charge in [-0.05, 0) is 55.6 Å². The summed E-state index contributed by atoms with van der Waals surface area (Å²) in [5.74, 6) is 1.35. The molecule has 1 aromatic carbocycles. The molecule has 0 aliphatic carbocycles. The lowest BCUT2D eigenvalue weighted by molar-refractivity contribution is -0.117. The normalized spacial score (nSPS) is 17.2. The van der Waals surface area contributed by atoms with Crippen molar-refractivity contribution in [1.82, 2.24) is 20.0 Å². The fraction of sp³-hybridized carbons (Fsp3) is 0.364. The van der Waals surface area contributed by atoms with Crippen molar-refractivity contribution in [3.63, 3.8) is 0 Å². The van der Waals surface area contributed by atoms with E-state index in [1.807, 2.05) is 36.4 Å². The summed E-state index contributed by atoms with van der Waals surface area (Å²) in [6.07, 6.45) is 6.39. The summed E-state index contributed by atoms with van der Waals surface area (Å²) < 4.78 is 5.52. The number of carbonyl (C=O) groups excluding carboxylic acids is 1. The van der Waals surface area contributed by atoms with E-state index in [2.05, 4.69) is 32.3 Å². The van der Waals surface area contributed by atoms with Gasteiger partial charge < -0.3 is 9.84 Å². The molecule has 0 spiro atoms. The molecule has 1 aliphatic rings. The van der Waals surface area contributed by atoms with Gasteiger partial charge in [0, 0.05) is 30.2 Å². The molecule has 0 saturated carbocycles. The van der Waals surface area contributed by atoms with Gasteiger partial charge in [-0.25, -0.2) is 0 Å². The van der Waals surface area contributed by atoms with Gasteiger partial charge in [-0.2, -0.15) is 4.98 Å². The fourth-order valence-corrected chi connectivity index (χ4v) is 3.65. The van der Waals surface area contributed by atoms with E-state index in [4.69, 9.17) is 4.52 Å². The van der Waals surface area contributed by atoms with Crippen LogP contribution in [0.15, 0.2) is 53.3 Å². The number of anilines is 1. The van der Waals surface area contributed by atoms with Crippen LogP contribution in [0.4, 0.5) is 5.69 Å². The van der Waals surface area contributed by atoms with Gasteiger partial charge in [-0.1, -0.05) is 24.2 Å². The smallest absolute Gasteiger partial charge is 0.238 e. The summed E-state index contributed by atoms with van der Waals surface area (Å²) in [5, 5.41) is 7.09. The monoisotopic (exact) mass is 391 g/mol. The molecule has 1 aliphatic heterocycles. The predicted molar refractivity (Wildman–Crippen MR) is 110 cm³/mol. The number of likely N-dealkylation sites (tertiary alicyclic amines) is 1. The van der Waals surface area contributed by atoms with Crippen molar-refractivity contribution in [2.45, 2.75) is 32.1 Å². The van der Waals surface area contributed by atoms with E-state index >= 15 is 0 Å². The number of amides is 1. The number of carbonyl (C=O) groups is 1. The summed E-state index contributed by atoms with van der Waals surface area (Å²) >= 11 is 0. The molecule has 3 aromatic rings. The largest absolute Gasteiger partial charge is 0.339 e. The van der Waals surface area contributed by atoms with Crippen molar-refractivity contribution in [3.05, 3.63) is 60.2 Å². The Morgan fingerprint density at radius 1 is 1.21 bits per heavy atom. The van der Waals surface area contributed by atoms with Crippen molar-refractivity contribution in [2.24, 2.45) is 0 Å². The minimum Gasteiger partial charge on any atom is -0.339 e. The number of nitrogens with zero attached hydrogens (tertiary/aromatic N) is 4. The Morgan fingerprint density at radius 3 is 2.76 bits per heavy atom. The first kappa shape index (κ1) is 19.3. The van der Waals surface area contributed by atoms with Crippen LogP contribution in [0.2, 0.25) is 0 Å². The van der Waals surface area contributed by atoms with Gasteiger partial charge in [0.15, 0.2) is 0 Å². The first-order valence-electron chi connectivity index (χ1n) is 10.1. The van der Waals surface area contributed by atoms with Crippen LogP contribution in [0, 0.1) is 0 Å². The molecule has 0 radical (unpaired) electrons. The van der Waals surface area contributed by atoms with E-state index in [1.165, 1.54) is 5.56 Å². The number of benzene rings is 1. The second-order valence-electron chi connectivity index (χ2n) is 7.37.